The molecule has 1 atom stereocenters. The monoisotopic (exact) mass is 565 g/mol. The van der Waals surface area contributed by atoms with Crippen LogP contribution in [0.2, 0.25) is 0 Å². The van der Waals surface area contributed by atoms with Crippen molar-refractivity contribution >= 4 is 33.2 Å². The van der Waals surface area contributed by atoms with Crippen LogP contribution in [0.1, 0.15) is 49.6 Å². The summed E-state index contributed by atoms with van der Waals surface area (Å²) in [5.41, 5.74) is 1.50. The Balaban J connectivity index is 1.43. The van der Waals surface area contributed by atoms with Crippen molar-refractivity contribution in [2.24, 2.45) is 0 Å². The van der Waals surface area contributed by atoms with Crippen molar-refractivity contribution in [2.45, 2.75) is 32.8 Å². The molecule has 4 aromatic rings. The molecule has 3 aromatic carbocycles. The molecule has 0 bridgehead atoms. The van der Waals surface area contributed by atoms with Crippen LogP contribution in [0.5, 0.6) is 17.2 Å². The minimum atomic E-state index is -1.07. The Morgan fingerprint density at radius 2 is 1.75 bits per heavy atom. The number of rotatable bonds is 10. The first-order valence-electron chi connectivity index (χ1n) is 13.1. The summed E-state index contributed by atoms with van der Waals surface area (Å²) in [7, 11) is 0. The molecule has 1 aromatic heterocycles. The van der Waals surface area contributed by atoms with Crippen LogP contribution in [0.25, 0.3) is 10.1 Å². The fraction of sp³-hybridized carbons (Fsp3) is 0.290. The number of aromatic carboxylic acids is 1. The lowest BCUT2D eigenvalue weighted by atomic mass is 9.97. The number of ketones is 1. The molecule has 9 heteroatoms. The van der Waals surface area contributed by atoms with Crippen LogP contribution in [0, 0.1) is 19.7 Å². The van der Waals surface area contributed by atoms with Gasteiger partial charge in [-0.05, 0) is 92.4 Å². The van der Waals surface area contributed by atoms with E-state index in [0.717, 1.165) is 37.4 Å². The highest BCUT2D eigenvalue weighted by molar-refractivity contribution is 7.21. The van der Waals surface area contributed by atoms with Crippen molar-refractivity contribution in [2.75, 3.05) is 26.3 Å². The molecule has 1 fully saturated rings. The molecule has 6 nitrogen and oxygen atoms in total. The Morgan fingerprint density at radius 1 is 1.05 bits per heavy atom. The molecular weight excluding hydrogens is 536 g/mol. The van der Waals surface area contributed by atoms with Crippen molar-refractivity contribution in [3.8, 4) is 17.2 Å². The normalized spacial score (nSPS) is 15.4. The van der Waals surface area contributed by atoms with Gasteiger partial charge in [-0.1, -0.05) is 0 Å². The Bertz CT molecular complexity index is 1540. The minimum absolute atomic E-state index is 0.0297. The summed E-state index contributed by atoms with van der Waals surface area (Å²) in [5.74, 6) is -0.330. The van der Waals surface area contributed by atoms with Gasteiger partial charge >= 0.3 is 5.97 Å². The summed E-state index contributed by atoms with van der Waals surface area (Å²) in [6.45, 7) is 5.41. The zero-order valence-corrected chi connectivity index (χ0v) is 23.0. The maximum Gasteiger partial charge on any atom is 0.335 e. The number of benzene rings is 3. The number of likely N-dealkylation sites (tertiary alicyclic amines) is 1. The van der Waals surface area contributed by atoms with E-state index < -0.39 is 11.8 Å². The minimum Gasteiger partial charge on any atom is -0.489 e. The molecule has 208 valence electrons. The Hall–Kier alpha value is -3.82. The molecule has 0 unspecified atom stereocenters. The summed E-state index contributed by atoms with van der Waals surface area (Å²) in [6.07, 6.45) is 1.43. The first-order chi connectivity index (χ1) is 19.2. The highest BCUT2D eigenvalue weighted by atomic mass is 32.1. The first kappa shape index (κ1) is 27.7. The van der Waals surface area contributed by atoms with Crippen LogP contribution < -0.4 is 9.47 Å². The van der Waals surface area contributed by atoms with Crippen LogP contribution in [0.15, 0.2) is 54.6 Å². The van der Waals surface area contributed by atoms with E-state index in [-0.39, 0.29) is 24.1 Å². The highest BCUT2D eigenvalue weighted by Gasteiger charge is 2.26. The van der Waals surface area contributed by atoms with E-state index in [1.54, 1.807) is 44.2 Å². The molecular formula is C31H29F2NO5S. The topological polar surface area (TPSA) is 76.1 Å². The number of hydrogen-bond donors (Lipinski definition) is 1. The van der Waals surface area contributed by atoms with Crippen molar-refractivity contribution in [1.82, 2.24) is 4.90 Å². The van der Waals surface area contributed by atoms with Gasteiger partial charge in [0.25, 0.3) is 0 Å². The SMILES string of the molecule is Cc1cc(F)cc(C)c1C(=O)c1sc2cc(C(=O)O)ccc2c1Oc1ccc(O[C@H]2CCN(CCCF)C2)cc1. The van der Waals surface area contributed by atoms with Gasteiger partial charge in [0.15, 0.2) is 5.75 Å². The molecule has 0 amide bonds. The van der Waals surface area contributed by atoms with E-state index >= 15 is 0 Å². The van der Waals surface area contributed by atoms with E-state index in [1.165, 1.54) is 24.3 Å². The number of carboxylic acid groups (broad SMARTS) is 1. The third-order valence-corrected chi connectivity index (χ3v) is 8.14. The summed E-state index contributed by atoms with van der Waals surface area (Å²) < 4.78 is 39.4. The number of halogens is 2. The number of hydrogen-bond acceptors (Lipinski definition) is 6. The molecule has 5 rings (SSSR count). The Morgan fingerprint density at radius 3 is 2.42 bits per heavy atom. The number of carbonyl (C=O) groups is 2. The van der Waals surface area contributed by atoms with Gasteiger partial charge in [-0.25, -0.2) is 9.18 Å². The first-order valence-corrected chi connectivity index (χ1v) is 13.9. The number of ether oxygens (including phenoxy) is 2. The number of carbonyl (C=O) groups excluding carboxylic acids is 1. The zero-order valence-electron chi connectivity index (χ0n) is 22.2. The Labute approximate surface area is 234 Å². The van der Waals surface area contributed by atoms with Crippen molar-refractivity contribution in [3.05, 3.63) is 87.5 Å². The zero-order chi connectivity index (χ0) is 28.4. The van der Waals surface area contributed by atoms with Crippen molar-refractivity contribution in [3.63, 3.8) is 0 Å². The lowest BCUT2D eigenvalue weighted by Gasteiger charge is -2.16. The molecule has 1 N–H and O–H groups in total. The number of nitrogens with zero attached hydrogens (tertiary/aromatic N) is 1. The molecule has 0 radical (unpaired) electrons. The second kappa shape index (κ2) is 11.7. The van der Waals surface area contributed by atoms with Gasteiger partial charge in [0.1, 0.15) is 28.3 Å². The van der Waals surface area contributed by atoms with Gasteiger partial charge in [-0.3, -0.25) is 14.1 Å². The molecule has 1 saturated heterocycles. The predicted octanol–water partition coefficient (Wildman–Crippen LogP) is 7.19. The van der Waals surface area contributed by atoms with Crippen molar-refractivity contribution < 1.29 is 33.0 Å². The number of thiophene rings is 1. The van der Waals surface area contributed by atoms with Crippen LogP contribution in [-0.2, 0) is 0 Å². The number of aryl methyl sites for hydroxylation is 2. The van der Waals surface area contributed by atoms with Crippen LogP contribution in [-0.4, -0.2) is 54.2 Å². The second-order valence-corrected chi connectivity index (χ2v) is 11.0. The predicted molar refractivity (Wildman–Crippen MR) is 151 cm³/mol. The lowest BCUT2D eigenvalue weighted by molar-refractivity contribution is 0.0696. The lowest BCUT2D eigenvalue weighted by Crippen LogP contribution is -2.26. The molecule has 1 aliphatic heterocycles. The Kier molecular flexibility index (Phi) is 8.14. The van der Waals surface area contributed by atoms with Gasteiger partial charge < -0.3 is 14.6 Å². The molecule has 2 heterocycles. The van der Waals surface area contributed by atoms with E-state index in [4.69, 9.17) is 9.47 Å². The van der Waals surface area contributed by atoms with Crippen molar-refractivity contribution in [1.29, 1.82) is 0 Å². The average Bonchev–Trinajstić information content (AvgIpc) is 3.51. The average molecular weight is 566 g/mol. The fourth-order valence-corrected chi connectivity index (χ4v) is 6.23. The molecule has 0 saturated carbocycles. The second-order valence-electron chi connectivity index (χ2n) is 9.97. The van der Waals surface area contributed by atoms with Gasteiger partial charge in [0.05, 0.1) is 12.2 Å². The molecule has 40 heavy (non-hydrogen) atoms. The third kappa shape index (κ3) is 5.85. The highest BCUT2D eigenvalue weighted by Crippen LogP contribution is 2.42. The summed E-state index contributed by atoms with van der Waals surface area (Å²) >= 11 is 1.15. The summed E-state index contributed by atoms with van der Waals surface area (Å²) in [6, 6.07) is 14.4. The number of fused-ring (bicyclic) bond motifs is 1. The maximum atomic E-state index is 13.9. The number of carboxylic acids is 1. The number of alkyl halides is 1. The summed E-state index contributed by atoms with van der Waals surface area (Å²) in [5, 5.41) is 10.1. The van der Waals surface area contributed by atoms with Gasteiger partial charge in [0, 0.05) is 35.3 Å². The van der Waals surface area contributed by atoms with Gasteiger partial charge in [0.2, 0.25) is 5.78 Å². The fourth-order valence-electron chi connectivity index (χ4n) is 5.12. The molecule has 0 spiro atoms. The van der Waals surface area contributed by atoms with E-state index in [9.17, 15) is 23.5 Å². The van der Waals surface area contributed by atoms with E-state index in [1.807, 2.05) is 0 Å². The van der Waals surface area contributed by atoms with E-state index in [2.05, 4.69) is 4.90 Å². The standard InChI is InChI=1S/C31H29F2NO5S/c1-18-14-21(33)15-19(2)27(18)28(35)30-29(25-9-4-20(31(36)37)16-26(25)40-30)39-23-7-5-22(6-8-23)38-24-10-13-34(17-24)12-3-11-32/h4-9,14-16,24H,3,10-13,17H2,1-2H3,(H,36,37)/t24-/m0/s1. The van der Waals surface area contributed by atoms with Gasteiger partial charge in [-0.15, -0.1) is 11.3 Å². The van der Waals surface area contributed by atoms with Crippen LogP contribution in [0.3, 0.4) is 0 Å². The third-order valence-electron chi connectivity index (χ3n) is 7.01. The molecule has 0 aliphatic carbocycles. The quantitative estimate of drug-likeness (QED) is 0.205. The van der Waals surface area contributed by atoms with Crippen LogP contribution in [0.4, 0.5) is 8.78 Å². The smallest absolute Gasteiger partial charge is 0.335 e. The largest absolute Gasteiger partial charge is 0.489 e. The summed E-state index contributed by atoms with van der Waals surface area (Å²) in [4.78, 5) is 27.8. The molecule has 1 aliphatic rings. The van der Waals surface area contributed by atoms with Crippen LogP contribution >= 0.6 is 11.3 Å². The maximum absolute atomic E-state index is 13.9. The van der Waals surface area contributed by atoms with E-state index in [0.29, 0.717) is 55.3 Å². The van der Waals surface area contributed by atoms with Gasteiger partial charge in [-0.2, -0.15) is 0 Å².